The molecule has 0 aromatic carbocycles. The third-order valence-electron chi connectivity index (χ3n) is 1.85. The van der Waals surface area contributed by atoms with Gasteiger partial charge < -0.3 is 13.9 Å². The molecule has 2 heterocycles. The first kappa shape index (κ1) is 6.79. The molecule has 0 aliphatic carbocycles. The van der Waals surface area contributed by atoms with E-state index in [0.717, 1.165) is 13.2 Å². The Bertz CT molecular complexity index is 140. The molecule has 2 saturated heterocycles. The summed E-state index contributed by atoms with van der Waals surface area (Å²) in [7, 11) is -1.52. The maximum Gasteiger partial charge on any atom is 0.221 e. The topological polar surface area (TPSA) is 34.3 Å². The van der Waals surface area contributed by atoms with E-state index in [1.54, 1.807) is 0 Å². The number of ether oxygens (including phenoxy) is 2. The van der Waals surface area contributed by atoms with Crippen LogP contribution in [-0.2, 0) is 13.9 Å². The van der Waals surface area contributed by atoms with Crippen molar-refractivity contribution in [3.8, 4) is 0 Å². The molecule has 2 aliphatic heterocycles. The van der Waals surface area contributed by atoms with Gasteiger partial charge in [0, 0.05) is 0 Å². The van der Waals surface area contributed by atoms with E-state index in [4.69, 9.17) is 13.9 Å². The highest BCUT2D eigenvalue weighted by atomic mass is 28.4. The van der Waals surface area contributed by atoms with E-state index in [1.807, 2.05) is 0 Å². The van der Waals surface area contributed by atoms with Crippen LogP contribution in [0.4, 0.5) is 0 Å². The van der Waals surface area contributed by atoms with Crippen LogP contribution in [-0.4, -0.2) is 33.5 Å². The molecule has 58 valence electrons. The van der Waals surface area contributed by atoms with Crippen molar-refractivity contribution in [2.75, 3.05) is 13.2 Å². The average molecular weight is 160 g/mol. The Morgan fingerprint density at radius 3 is 2.30 bits per heavy atom. The van der Waals surface area contributed by atoms with Crippen molar-refractivity contribution < 1.29 is 13.9 Å². The molecular weight excluding hydrogens is 148 g/mol. The highest BCUT2D eigenvalue weighted by molar-refractivity contribution is 6.73. The Kier molecular flexibility index (Phi) is 1.38. The molecule has 10 heavy (non-hydrogen) atoms. The van der Waals surface area contributed by atoms with Crippen molar-refractivity contribution in [3.05, 3.63) is 0 Å². The normalized spacial score (nSPS) is 37.8. The van der Waals surface area contributed by atoms with Gasteiger partial charge in [-0.3, -0.25) is 0 Å². The van der Waals surface area contributed by atoms with E-state index in [-0.39, 0.29) is 6.29 Å². The summed E-state index contributed by atoms with van der Waals surface area (Å²) in [5.41, 5.74) is 0.427. The van der Waals surface area contributed by atoms with Gasteiger partial charge in [0.2, 0.25) is 8.32 Å². The molecule has 0 N–H and O–H groups in total. The molecule has 0 radical (unpaired) electrons. The third-order valence-corrected chi connectivity index (χ3v) is 4.60. The van der Waals surface area contributed by atoms with Gasteiger partial charge in [-0.1, -0.05) is 0 Å². The summed E-state index contributed by atoms with van der Waals surface area (Å²) in [6.07, 6.45) is 0.103. The van der Waals surface area contributed by atoms with Crippen molar-refractivity contribution in [1.29, 1.82) is 0 Å². The monoisotopic (exact) mass is 160 g/mol. The largest absolute Gasteiger partial charge is 0.388 e. The highest BCUT2D eigenvalue weighted by Gasteiger charge is 2.47. The summed E-state index contributed by atoms with van der Waals surface area (Å²) in [5, 5.41) is 0. The van der Waals surface area contributed by atoms with Gasteiger partial charge in [-0.25, -0.2) is 0 Å². The molecule has 0 aromatic rings. The molecule has 2 atom stereocenters. The summed E-state index contributed by atoms with van der Waals surface area (Å²) in [5.74, 6) is 0. The maximum atomic E-state index is 5.66. The predicted octanol–water partition coefficient (Wildman–Crippen LogP) is 0.502. The summed E-state index contributed by atoms with van der Waals surface area (Å²) in [6.45, 7) is 6.02. The first-order valence-corrected chi connectivity index (χ1v) is 6.58. The lowest BCUT2D eigenvalue weighted by atomic mass is 10.9. The summed E-state index contributed by atoms with van der Waals surface area (Å²) in [6, 6.07) is 0. The number of epoxide rings is 2. The molecule has 0 amide bonds. The Hall–Kier alpha value is 0.0969. The molecule has 0 saturated carbocycles. The number of hydrogen-bond acceptors (Lipinski definition) is 3. The minimum absolute atomic E-state index is 0.103. The second kappa shape index (κ2) is 2.04. The molecule has 2 unspecified atom stereocenters. The van der Waals surface area contributed by atoms with Crippen LogP contribution >= 0.6 is 0 Å². The third kappa shape index (κ3) is 1.40. The molecular formula is C6H12O3Si. The van der Waals surface area contributed by atoms with Gasteiger partial charge >= 0.3 is 0 Å². The lowest BCUT2D eigenvalue weighted by Crippen LogP contribution is -2.38. The van der Waals surface area contributed by atoms with Crippen molar-refractivity contribution in [3.63, 3.8) is 0 Å². The van der Waals surface area contributed by atoms with Crippen LogP contribution < -0.4 is 0 Å². The molecule has 0 bridgehead atoms. The Balaban J connectivity index is 1.85. The van der Waals surface area contributed by atoms with Crippen molar-refractivity contribution in [2.45, 2.75) is 25.1 Å². The smallest absolute Gasteiger partial charge is 0.221 e. The molecule has 4 heteroatoms. The minimum atomic E-state index is -1.52. The van der Waals surface area contributed by atoms with Gasteiger partial charge in [0.15, 0.2) is 6.29 Å². The van der Waals surface area contributed by atoms with Crippen molar-refractivity contribution in [1.82, 2.24) is 0 Å². The van der Waals surface area contributed by atoms with Gasteiger partial charge in [0.25, 0.3) is 0 Å². The van der Waals surface area contributed by atoms with Crippen molar-refractivity contribution >= 4 is 8.32 Å². The van der Waals surface area contributed by atoms with Crippen LogP contribution in [0.2, 0.25) is 13.1 Å². The van der Waals surface area contributed by atoms with E-state index in [0.29, 0.717) is 5.73 Å². The van der Waals surface area contributed by atoms with E-state index in [9.17, 15) is 0 Å². The Labute approximate surface area is 61.4 Å². The lowest BCUT2D eigenvalue weighted by molar-refractivity contribution is 0.165. The highest BCUT2D eigenvalue weighted by Crippen LogP contribution is 2.27. The quantitative estimate of drug-likeness (QED) is 0.445. The zero-order chi connectivity index (χ0) is 7.19. The Morgan fingerprint density at radius 2 is 1.90 bits per heavy atom. The average Bonchev–Trinajstić information content (AvgIpc) is 2.58. The zero-order valence-electron chi connectivity index (χ0n) is 6.29. The molecule has 0 aromatic heterocycles. The van der Waals surface area contributed by atoms with Crippen LogP contribution in [0.5, 0.6) is 0 Å². The van der Waals surface area contributed by atoms with E-state index >= 15 is 0 Å². The van der Waals surface area contributed by atoms with Gasteiger partial charge in [-0.15, -0.1) is 0 Å². The first-order valence-electron chi connectivity index (χ1n) is 3.59. The molecule has 2 aliphatic rings. The zero-order valence-corrected chi connectivity index (χ0v) is 7.29. The minimum Gasteiger partial charge on any atom is -0.388 e. The van der Waals surface area contributed by atoms with E-state index < -0.39 is 8.32 Å². The lowest BCUT2D eigenvalue weighted by Gasteiger charge is -2.18. The Morgan fingerprint density at radius 1 is 1.30 bits per heavy atom. The summed E-state index contributed by atoms with van der Waals surface area (Å²) in [4.78, 5) is 0. The number of hydrogen-bond donors (Lipinski definition) is 0. The van der Waals surface area contributed by atoms with Gasteiger partial charge in [0.05, 0.1) is 18.9 Å². The van der Waals surface area contributed by atoms with E-state index in [2.05, 4.69) is 13.1 Å². The second-order valence-electron chi connectivity index (χ2n) is 3.31. The van der Waals surface area contributed by atoms with Gasteiger partial charge in [-0.05, 0) is 13.1 Å². The predicted molar refractivity (Wildman–Crippen MR) is 38.0 cm³/mol. The fourth-order valence-corrected chi connectivity index (χ4v) is 2.84. The van der Waals surface area contributed by atoms with Crippen LogP contribution in [0, 0.1) is 0 Å². The van der Waals surface area contributed by atoms with Crippen LogP contribution in [0.3, 0.4) is 0 Å². The van der Waals surface area contributed by atoms with Crippen LogP contribution in [0.25, 0.3) is 0 Å². The van der Waals surface area contributed by atoms with Gasteiger partial charge in [-0.2, -0.15) is 0 Å². The molecule has 0 spiro atoms. The fraction of sp³-hybridized carbons (Fsp3) is 1.00. The number of rotatable bonds is 3. The molecule has 2 fully saturated rings. The van der Waals surface area contributed by atoms with Crippen LogP contribution in [0.15, 0.2) is 0 Å². The summed E-state index contributed by atoms with van der Waals surface area (Å²) < 4.78 is 15.8. The van der Waals surface area contributed by atoms with Crippen LogP contribution in [0.1, 0.15) is 0 Å². The standard InChI is InChI=1S/C6H12O3Si/c1-10(2,6-4-8-6)9-5-3-7-5/h5-6H,3-4H2,1-2H3. The molecule has 3 nitrogen and oxygen atoms in total. The first-order chi connectivity index (χ1) is 4.68. The van der Waals surface area contributed by atoms with E-state index in [1.165, 1.54) is 0 Å². The maximum absolute atomic E-state index is 5.66. The van der Waals surface area contributed by atoms with Gasteiger partial charge in [0.1, 0.15) is 0 Å². The molecule has 2 rings (SSSR count). The SMILES string of the molecule is C[Si](C)(OC1CO1)C1CO1. The summed E-state index contributed by atoms with van der Waals surface area (Å²) >= 11 is 0. The second-order valence-corrected chi connectivity index (χ2v) is 7.39. The fourth-order valence-electron chi connectivity index (χ4n) is 0.971. The van der Waals surface area contributed by atoms with Crippen molar-refractivity contribution in [2.24, 2.45) is 0 Å².